The van der Waals surface area contributed by atoms with Gasteiger partial charge in [0.05, 0.1) is 23.4 Å². The van der Waals surface area contributed by atoms with E-state index >= 15 is 0 Å². The van der Waals surface area contributed by atoms with Crippen LogP contribution in [0.3, 0.4) is 0 Å². The number of hydrazine groups is 1. The second-order valence-corrected chi connectivity index (χ2v) is 6.14. The highest BCUT2D eigenvalue weighted by molar-refractivity contribution is 5.76. The van der Waals surface area contributed by atoms with Crippen LogP contribution >= 0.6 is 0 Å². The minimum atomic E-state index is -0.283. The van der Waals surface area contributed by atoms with Crippen molar-refractivity contribution < 1.29 is 4.79 Å². The molecule has 0 spiro atoms. The van der Waals surface area contributed by atoms with Crippen LogP contribution in [0.25, 0.3) is 0 Å². The third-order valence-corrected chi connectivity index (χ3v) is 4.13. The quantitative estimate of drug-likeness (QED) is 0.736. The second kappa shape index (κ2) is 7.05. The third kappa shape index (κ3) is 4.05. The van der Waals surface area contributed by atoms with E-state index in [0.717, 1.165) is 18.4 Å². The van der Waals surface area contributed by atoms with Crippen LogP contribution in [0.2, 0.25) is 0 Å². The lowest BCUT2D eigenvalue weighted by atomic mass is 10.0. The lowest BCUT2D eigenvalue weighted by molar-refractivity contribution is 0.237. The third-order valence-electron chi connectivity index (χ3n) is 4.13. The summed E-state index contributed by atoms with van der Waals surface area (Å²) in [4.78, 5) is 12.2. The normalized spacial score (nSPS) is 14.3. The Morgan fingerprint density at radius 3 is 2.62 bits per heavy atom. The number of hydrogen-bond donors (Lipinski definition) is 3. The molecule has 3 N–H and O–H groups in total. The van der Waals surface area contributed by atoms with Crippen molar-refractivity contribution in [2.45, 2.75) is 25.8 Å². The molecule has 0 aliphatic heterocycles. The maximum absolute atomic E-state index is 12.2. The molecule has 1 fully saturated rings. The molecule has 1 saturated carbocycles. The highest BCUT2D eigenvalue weighted by Crippen LogP contribution is 2.40. The number of amides is 2. The van der Waals surface area contributed by atoms with Gasteiger partial charge in [-0.25, -0.2) is 4.79 Å². The number of carbonyl (C=O) groups is 1. The average Bonchev–Trinajstić information content (AvgIpc) is 3.44. The summed E-state index contributed by atoms with van der Waals surface area (Å²) >= 11 is 0. The number of urea groups is 1. The summed E-state index contributed by atoms with van der Waals surface area (Å²) in [6.07, 6.45) is 2.27. The van der Waals surface area contributed by atoms with Crippen molar-refractivity contribution in [3.05, 3.63) is 65.2 Å². The summed E-state index contributed by atoms with van der Waals surface area (Å²) in [5.41, 5.74) is 9.01. The van der Waals surface area contributed by atoms with Gasteiger partial charge in [0.1, 0.15) is 0 Å². The molecule has 2 aromatic carbocycles. The van der Waals surface area contributed by atoms with Crippen LogP contribution < -0.4 is 16.2 Å². The minimum Gasteiger partial charge on any atom is -0.330 e. The average molecular weight is 320 g/mol. The van der Waals surface area contributed by atoms with Gasteiger partial charge in [0.15, 0.2) is 0 Å². The zero-order valence-electron chi connectivity index (χ0n) is 13.5. The topological polar surface area (TPSA) is 77.0 Å². The van der Waals surface area contributed by atoms with Crippen LogP contribution in [-0.2, 0) is 0 Å². The summed E-state index contributed by atoms with van der Waals surface area (Å²) in [6.45, 7) is 2.05. The number of hydrogen-bond acceptors (Lipinski definition) is 3. The Labute approximate surface area is 141 Å². The first-order valence-corrected chi connectivity index (χ1v) is 8.05. The van der Waals surface area contributed by atoms with Gasteiger partial charge in [-0.1, -0.05) is 35.9 Å². The molecule has 2 amide bonds. The lowest BCUT2D eigenvalue weighted by Gasteiger charge is -2.20. The first-order valence-electron chi connectivity index (χ1n) is 8.05. The molecule has 5 heteroatoms. The lowest BCUT2D eigenvalue weighted by Crippen LogP contribution is -2.41. The molecule has 1 aliphatic carbocycles. The van der Waals surface area contributed by atoms with E-state index in [4.69, 9.17) is 5.26 Å². The van der Waals surface area contributed by atoms with Crippen molar-refractivity contribution >= 4 is 11.7 Å². The van der Waals surface area contributed by atoms with Gasteiger partial charge in [0, 0.05) is 0 Å². The van der Waals surface area contributed by atoms with E-state index in [1.165, 1.54) is 5.56 Å². The SMILES string of the molecule is Cc1ccc([C@H](NC(=O)NNc2cccc(C#N)c2)C2CC2)cc1. The molecule has 24 heavy (non-hydrogen) atoms. The second-order valence-electron chi connectivity index (χ2n) is 6.14. The first kappa shape index (κ1) is 15.9. The zero-order chi connectivity index (χ0) is 16.9. The molecule has 0 saturated heterocycles. The van der Waals surface area contributed by atoms with Crippen LogP contribution in [0.1, 0.15) is 35.6 Å². The summed E-state index contributed by atoms with van der Waals surface area (Å²) in [7, 11) is 0. The molecule has 5 nitrogen and oxygen atoms in total. The monoisotopic (exact) mass is 320 g/mol. The molecule has 1 aliphatic rings. The van der Waals surface area contributed by atoms with Crippen LogP contribution in [0.15, 0.2) is 48.5 Å². The van der Waals surface area contributed by atoms with Crippen LogP contribution in [0, 0.1) is 24.2 Å². The molecule has 1 atom stereocenters. The number of nitrogens with one attached hydrogen (secondary N) is 3. The highest BCUT2D eigenvalue weighted by atomic mass is 16.2. The fourth-order valence-electron chi connectivity index (χ4n) is 2.65. The van der Waals surface area contributed by atoms with Crippen molar-refractivity contribution in [2.24, 2.45) is 5.92 Å². The molecule has 0 heterocycles. The van der Waals surface area contributed by atoms with Crippen LogP contribution in [0.5, 0.6) is 0 Å². The Balaban J connectivity index is 1.60. The number of rotatable bonds is 5. The van der Waals surface area contributed by atoms with Crippen molar-refractivity contribution in [1.82, 2.24) is 10.7 Å². The number of aryl methyl sites for hydroxylation is 1. The number of benzene rings is 2. The number of anilines is 1. The van der Waals surface area contributed by atoms with Gasteiger partial charge in [0.25, 0.3) is 0 Å². The first-order chi connectivity index (χ1) is 11.7. The van der Waals surface area contributed by atoms with Crippen molar-refractivity contribution in [2.75, 3.05) is 5.43 Å². The molecule has 3 rings (SSSR count). The predicted molar refractivity (Wildman–Crippen MR) is 93.1 cm³/mol. The highest BCUT2D eigenvalue weighted by Gasteiger charge is 2.33. The van der Waals surface area contributed by atoms with Crippen molar-refractivity contribution in [1.29, 1.82) is 5.26 Å². The zero-order valence-corrected chi connectivity index (χ0v) is 13.5. The van der Waals surface area contributed by atoms with Gasteiger partial charge < -0.3 is 5.32 Å². The Hall–Kier alpha value is -3.00. The Kier molecular flexibility index (Phi) is 4.66. The molecule has 122 valence electrons. The van der Waals surface area contributed by atoms with Crippen molar-refractivity contribution in [3.63, 3.8) is 0 Å². The summed E-state index contributed by atoms with van der Waals surface area (Å²) in [6, 6.07) is 17.0. The van der Waals surface area contributed by atoms with E-state index in [1.807, 2.05) is 0 Å². The van der Waals surface area contributed by atoms with E-state index in [1.54, 1.807) is 24.3 Å². The Morgan fingerprint density at radius 1 is 1.21 bits per heavy atom. The summed E-state index contributed by atoms with van der Waals surface area (Å²) < 4.78 is 0. The molecule has 0 radical (unpaired) electrons. The molecule has 2 aromatic rings. The summed E-state index contributed by atoms with van der Waals surface area (Å²) in [5.74, 6) is 0.500. The van der Waals surface area contributed by atoms with Crippen LogP contribution in [0.4, 0.5) is 10.5 Å². The van der Waals surface area contributed by atoms with E-state index < -0.39 is 0 Å². The molecular weight excluding hydrogens is 300 g/mol. The van der Waals surface area contributed by atoms with Gasteiger partial charge in [-0.15, -0.1) is 0 Å². The Morgan fingerprint density at radius 2 is 1.96 bits per heavy atom. The fourth-order valence-corrected chi connectivity index (χ4v) is 2.65. The van der Waals surface area contributed by atoms with Gasteiger partial charge in [-0.3, -0.25) is 10.9 Å². The standard InChI is InChI=1S/C19H20N4O/c1-13-5-7-15(8-6-13)18(16-9-10-16)21-19(24)23-22-17-4-2-3-14(11-17)12-20/h2-8,11,16,18,22H,9-10H2,1H3,(H2,21,23,24)/t18-/m0/s1. The van der Waals surface area contributed by atoms with Gasteiger partial charge in [0.2, 0.25) is 0 Å². The van der Waals surface area contributed by atoms with Gasteiger partial charge >= 0.3 is 6.03 Å². The fraction of sp³-hybridized carbons (Fsp3) is 0.263. The van der Waals surface area contributed by atoms with Gasteiger partial charge in [-0.05, 0) is 49.4 Å². The number of carbonyl (C=O) groups excluding carboxylic acids is 1. The van der Waals surface area contributed by atoms with E-state index in [2.05, 4.69) is 53.4 Å². The Bertz CT molecular complexity index is 760. The van der Waals surface area contributed by atoms with Crippen LogP contribution in [-0.4, -0.2) is 6.03 Å². The molecule has 0 unspecified atom stereocenters. The molecule has 0 bridgehead atoms. The maximum atomic E-state index is 12.2. The maximum Gasteiger partial charge on any atom is 0.333 e. The predicted octanol–water partition coefficient (Wildman–Crippen LogP) is 3.64. The molecule has 0 aromatic heterocycles. The van der Waals surface area contributed by atoms with E-state index in [0.29, 0.717) is 17.2 Å². The van der Waals surface area contributed by atoms with E-state index in [9.17, 15) is 4.79 Å². The van der Waals surface area contributed by atoms with Gasteiger partial charge in [-0.2, -0.15) is 5.26 Å². The smallest absolute Gasteiger partial charge is 0.330 e. The number of nitrogens with zero attached hydrogens (tertiary/aromatic N) is 1. The summed E-state index contributed by atoms with van der Waals surface area (Å²) in [5, 5.41) is 11.9. The molecular formula is C19H20N4O. The van der Waals surface area contributed by atoms with E-state index in [-0.39, 0.29) is 12.1 Å². The number of nitriles is 1. The minimum absolute atomic E-state index is 0.0258. The largest absolute Gasteiger partial charge is 0.333 e. The van der Waals surface area contributed by atoms with Crippen molar-refractivity contribution in [3.8, 4) is 6.07 Å².